The number of ketones is 1. The summed E-state index contributed by atoms with van der Waals surface area (Å²) in [6, 6.07) is 14.3. The van der Waals surface area contributed by atoms with Crippen LogP contribution in [0.3, 0.4) is 0 Å². The van der Waals surface area contributed by atoms with Crippen molar-refractivity contribution in [1.29, 1.82) is 0 Å². The second-order valence-corrected chi connectivity index (χ2v) is 8.09. The quantitative estimate of drug-likeness (QED) is 0.497. The highest BCUT2D eigenvalue weighted by Gasteiger charge is 2.33. The summed E-state index contributed by atoms with van der Waals surface area (Å²) in [5.74, 6) is -0.118. The molecule has 0 saturated carbocycles. The van der Waals surface area contributed by atoms with Crippen LogP contribution in [0.5, 0.6) is 11.5 Å². The van der Waals surface area contributed by atoms with Crippen LogP contribution in [0.25, 0.3) is 0 Å². The molecule has 2 amide bonds. The van der Waals surface area contributed by atoms with E-state index in [1.54, 1.807) is 73.9 Å². The number of pyridine rings is 1. The minimum absolute atomic E-state index is 0.194. The predicted molar refractivity (Wildman–Crippen MR) is 126 cm³/mol. The van der Waals surface area contributed by atoms with Crippen LogP contribution in [-0.4, -0.2) is 41.8 Å². The molecule has 0 unspecified atom stereocenters. The second kappa shape index (κ2) is 10.4. The van der Waals surface area contributed by atoms with E-state index in [0.717, 1.165) is 5.56 Å². The topological polar surface area (TPSA) is 97.8 Å². The Balaban J connectivity index is 1.49. The van der Waals surface area contributed by atoms with E-state index < -0.39 is 6.04 Å². The van der Waals surface area contributed by atoms with Gasteiger partial charge in [-0.1, -0.05) is 17.7 Å². The van der Waals surface area contributed by atoms with Gasteiger partial charge in [-0.15, -0.1) is 0 Å². The molecule has 0 fully saturated rings. The van der Waals surface area contributed by atoms with Gasteiger partial charge in [-0.2, -0.15) is 0 Å². The van der Waals surface area contributed by atoms with Gasteiger partial charge < -0.3 is 14.8 Å². The van der Waals surface area contributed by atoms with E-state index in [1.807, 2.05) is 0 Å². The first-order valence-electron chi connectivity index (χ1n) is 10.6. The monoisotopic (exact) mass is 479 g/mol. The van der Waals surface area contributed by atoms with Crippen LogP contribution in [0.4, 0.5) is 5.69 Å². The Kier molecular flexibility index (Phi) is 7.08. The lowest BCUT2D eigenvalue weighted by Crippen LogP contribution is -2.51. The van der Waals surface area contributed by atoms with Crippen molar-refractivity contribution in [2.24, 2.45) is 0 Å². The number of benzene rings is 2. The fourth-order valence-electron chi connectivity index (χ4n) is 3.51. The van der Waals surface area contributed by atoms with E-state index in [1.165, 1.54) is 4.90 Å². The van der Waals surface area contributed by atoms with Crippen molar-refractivity contribution in [2.45, 2.75) is 19.5 Å². The number of halogens is 1. The fraction of sp³-hybridized carbons (Fsp3) is 0.200. The molecule has 0 spiro atoms. The number of nitrogens with zero attached hydrogens (tertiary/aromatic N) is 2. The van der Waals surface area contributed by atoms with E-state index >= 15 is 0 Å². The van der Waals surface area contributed by atoms with Crippen molar-refractivity contribution >= 4 is 34.9 Å². The highest BCUT2D eigenvalue weighted by molar-refractivity contribution is 6.30. The number of hydrogen-bond acceptors (Lipinski definition) is 6. The molecule has 34 heavy (non-hydrogen) atoms. The zero-order chi connectivity index (χ0) is 24.1. The number of hydrogen-bond donors (Lipinski definition) is 1. The molecule has 1 atom stereocenters. The first-order chi connectivity index (χ1) is 16.4. The van der Waals surface area contributed by atoms with Crippen LogP contribution in [-0.2, 0) is 16.1 Å². The molecule has 8 nitrogen and oxygen atoms in total. The number of ether oxygens (including phenoxy) is 2. The predicted octanol–water partition coefficient (Wildman–Crippen LogP) is 3.43. The number of rotatable bonds is 8. The summed E-state index contributed by atoms with van der Waals surface area (Å²) >= 11 is 5.95. The lowest BCUT2D eigenvalue weighted by atomic mass is 10.1. The summed E-state index contributed by atoms with van der Waals surface area (Å²) in [6.45, 7) is 1.53. The number of aromatic nitrogens is 1. The largest absolute Gasteiger partial charge is 0.485 e. The number of amides is 2. The third kappa shape index (κ3) is 5.35. The highest BCUT2D eigenvalue weighted by Crippen LogP contribution is 2.34. The summed E-state index contributed by atoms with van der Waals surface area (Å²) in [4.78, 5) is 43.6. The summed E-state index contributed by atoms with van der Waals surface area (Å²) in [5, 5.41) is 3.33. The van der Waals surface area contributed by atoms with Gasteiger partial charge in [0.25, 0.3) is 5.91 Å². The van der Waals surface area contributed by atoms with E-state index in [4.69, 9.17) is 21.1 Å². The maximum Gasteiger partial charge on any atom is 0.265 e. The van der Waals surface area contributed by atoms with Gasteiger partial charge in [-0.05, 0) is 61.0 Å². The van der Waals surface area contributed by atoms with E-state index in [9.17, 15) is 14.4 Å². The van der Waals surface area contributed by atoms with Crippen molar-refractivity contribution in [2.75, 3.05) is 18.1 Å². The van der Waals surface area contributed by atoms with Crippen LogP contribution < -0.4 is 19.7 Å². The maximum absolute atomic E-state index is 12.8. The third-order valence-electron chi connectivity index (χ3n) is 5.31. The van der Waals surface area contributed by atoms with Gasteiger partial charge in [0.05, 0.1) is 5.69 Å². The molecule has 4 rings (SSSR count). The molecule has 2 heterocycles. The molecule has 174 valence electrons. The van der Waals surface area contributed by atoms with Crippen molar-refractivity contribution in [3.8, 4) is 11.5 Å². The van der Waals surface area contributed by atoms with Gasteiger partial charge in [0.2, 0.25) is 5.91 Å². The van der Waals surface area contributed by atoms with Crippen LogP contribution in [0, 0.1) is 0 Å². The molecular weight excluding hydrogens is 458 g/mol. The normalized spacial score (nSPS) is 13.5. The van der Waals surface area contributed by atoms with Gasteiger partial charge in [-0.3, -0.25) is 24.3 Å². The Morgan fingerprint density at radius 3 is 2.74 bits per heavy atom. The maximum atomic E-state index is 12.8. The van der Waals surface area contributed by atoms with Crippen molar-refractivity contribution < 1.29 is 23.9 Å². The Bertz CT molecular complexity index is 1220. The van der Waals surface area contributed by atoms with Gasteiger partial charge in [0.15, 0.2) is 19.0 Å². The molecule has 2 aromatic carbocycles. The van der Waals surface area contributed by atoms with Crippen molar-refractivity contribution in [1.82, 2.24) is 10.3 Å². The van der Waals surface area contributed by atoms with Crippen molar-refractivity contribution in [3.63, 3.8) is 0 Å². The third-order valence-corrected chi connectivity index (χ3v) is 5.54. The molecule has 1 aliphatic rings. The number of nitrogens with one attached hydrogen (secondary N) is 1. The minimum atomic E-state index is -0.815. The molecular formula is C25H22ClN3O5. The Labute approximate surface area is 201 Å². The smallest absolute Gasteiger partial charge is 0.265 e. The Hall–Kier alpha value is -3.91. The molecule has 0 radical (unpaired) electrons. The molecule has 9 heteroatoms. The lowest BCUT2D eigenvalue weighted by Gasteiger charge is -2.33. The van der Waals surface area contributed by atoms with Crippen LogP contribution in [0.1, 0.15) is 22.8 Å². The van der Waals surface area contributed by atoms with Crippen LogP contribution in [0.2, 0.25) is 5.02 Å². The van der Waals surface area contributed by atoms with E-state index in [-0.39, 0.29) is 30.8 Å². The van der Waals surface area contributed by atoms with Gasteiger partial charge >= 0.3 is 0 Å². The molecule has 1 aromatic heterocycles. The van der Waals surface area contributed by atoms with E-state index in [2.05, 4.69) is 10.3 Å². The molecule has 1 aliphatic heterocycles. The first-order valence-corrected chi connectivity index (χ1v) is 11.0. The number of carbonyl (C=O) groups excluding carboxylic acids is 3. The van der Waals surface area contributed by atoms with Crippen LogP contribution in [0.15, 0.2) is 67.0 Å². The molecule has 3 aromatic rings. The SMILES string of the molecule is C[C@@H](C(=O)NCc1ccncc1)N1C(=O)COc2ccc(C(=O)COc3cccc(Cl)c3)cc21. The number of fused-ring (bicyclic) bond motifs is 1. The number of carbonyl (C=O) groups is 3. The molecule has 0 aliphatic carbocycles. The Morgan fingerprint density at radius 1 is 1.18 bits per heavy atom. The molecule has 1 N–H and O–H groups in total. The van der Waals surface area contributed by atoms with Gasteiger partial charge in [0, 0.05) is 29.5 Å². The van der Waals surface area contributed by atoms with Crippen LogP contribution >= 0.6 is 11.6 Å². The zero-order valence-electron chi connectivity index (χ0n) is 18.4. The van der Waals surface area contributed by atoms with E-state index in [0.29, 0.717) is 34.3 Å². The van der Waals surface area contributed by atoms with Gasteiger partial charge in [0.1, 0.15) is 17.5 Å². The average Bonchev–Trinajstić information content (AvgIpc) is 2.85. The summed E-state index contributed by atoms with van der Waals surface area (Å²) in [7, 11) is 0. The standard InChI is InChI=1S/C25H22ClN3O5/c1-16(25(32)28-13-17-7-9-27-10-8-17)29-21-11-18(5-6-23(21)34-15-24(29)31)22(30)14-33-20-4-2-3-19(26)12-20/h2-12,16H,13-15H2,1H3,(H,28,32)/t16-/m0/s1. The fourth-order valence-corrected chi connectivity index (χ4v) is 3.69. The zero-order valence-corrected chi connectivity index (χ0v) is 19.1. The first kappa shape index (κ1) is 23.3. The summed E-state index contributed by atoms with van der Waals surface area (Å²) in [6.07, 6.45) is 3.28. The molecule has 0 saturated heterocycles. The van der Waals surface area contributed by atoms with Gasteiger partial charge in [-0.25, -0.2) is 0 Å². The summed E-state index contributed by atoms with van der Waals surface area (Å²) in [5.41, 5.74) is 1.57. The highest BCUT2D eigenvalue weighted by atomic mass is 35.5. The number of Topliss-reactive ketones (excluding diaryl/α,β-unsaturated/α-hetero) is 1. The Morgan fingerprint density at radius 2 is 1.97 bits per heavy atom. The molecule has 0 bridgehead atoms. The summed E-state index contributed by atoms with van der Waals surface area (Å²) < 4.78 is 11.1. The van der Waals surface area contributed by atoms with Crippen molar-refractivity contribution in [3.05, 3.63) is 83.1 Å². The average molecular weight is 480 g/mol. The lowest BCUT2D eigenvalue weighted by molar-refractivity contribution is -0.127. The minimum Gasteiger partial charge on any atom is -0.485 e. The number of anilines is 1. The second-order valence-electron chi connectivity index (χ2n) is 7.65.